The van der Waals surface area contributed by atoms with E-state index >= 15 is 0 Å². The van der Waals surface area contributed by atoms with Gasteiger partial charge in [0.25, 0.3) is 11.8 Å². The number of carbonyl (C=O) groups excluding carboxylic acids is 2. The molecule has 0 fully saturated rings. The lowest BCUT2D eigenvalue weighted by molar-refractivity contribution is 0.0946. The summed E-state index contributed by atoms with van der Waals surface area (Å²) in [4.78, 5) is 29.3. The number of hydrogen-bond acceptors (Lipinski definition) is 5. The molecule has 0 spiro atoms. The Kier molecular flexibility index (Phi) is 6.69. The van der Waals surface area contributed by atoms with Gasteiger partial charge in [0.05, 0.1) is 17.8 Å². The van der Waals surface area contributed by atoms with Crippen molar-refractivity contribution in [1.29, 1.82) is 0 Å². The van der Waals surface area contributed by atoms with Crippen LogP contribution in [0.4, 0.5) is 5.69 Å². The van der Waals surface area contributed by atoms with Gasteiger partial charge in [-0.05, 0) is 59.5 Å². The number of amides is 2. The molecule has 2 heterocycles. The second-order valence-electron chi connectivity index (χ2n) is 7.65. The smallest absolute Gasteiger partial charge is 0.273 e. The summed E-state index contributed by atoms with van der Waals surface area (Å²) >= 11 is 9.24. The lowest BCUT2D eigenvalue weighted by Crippen LogP contribution is -2.42. The van der Waals surface area contributed by atoms with Crippen LogP contribution < -0.4 is 15.8 Å². The molecule has 2 N–H and O–H groups in total. The minimum atomic E-state index is -0.190. The third-order valence-electron chi connectivity index (χ3n) is 5.34. The molecule has 0 saturated heterocycles. The number of hydrogen-bond donors (Lipinski definition) is 2. The number of benzene rings is 3. The summed E-state index contributed by atoms with van der Waals surface area (Å²) < 4.78 is 0. The molecule has 170 valence electrons. The highest BCUT2D eigenvalue weighted by Gasteiger charge is 2.28. The molecular weight excluding hydrogens is 486 g/mol. The van der Waals surface area contributed by atoms with Gasteiger partial charge in [0.2, 0.25) is 0 Å². The molecule has 0 atom stereocenters. The fourth-order valence-electron chi connectivity index (χ4n) is 3.66. The van der Waals surface area contributed by atoms with Crippen LogP contribution in [-0.2, 0) is 13.1 Å². The molecule has 0 saturated carbocycles. The van der Waals surface area contributed by atoms with Crippen molar-refractivity contribution in [1.82, 2.24) is 10.7 Å². The fraction of sp³-hybridized carbons (Fsp3) is 0.0769. The number of thiophene rings is 1. The van der Waals surface area contributed by atoms with E-state index < -0.39 is 0 Å². The van der Waals surface area contributed by atoms with Gasteiger partial charge in [0.1, 0.15) is 0 Å². The molecule has 5 rings (SSSR count). The van der Waals surface area contributed by atoms with Crippen LogP contribution in [0.5, 0.6) is 0 Å². The Morgan fingerprint density at radius 2 is 1.79 bits per heavy atom. The molecule has 0 radical (unpaired) electrons. The maximum Gasteiger partial charge on any atom is 0.273 e. The Bertz CT molecular complexity index is 1360. The molecule has 3 aromatic carbocycles. The first-order valence-corrected chi connectivity index (χ1v) is 12.7. The van der Waals surface area contributed by atoms with E-state index in [-0.39, 0.29) is 11.8 Å². The summed E-state index contributed by atoms with van der Waals surface area (Å²) in [5.41, 5.74) is 5.92. The number of nitrogens with zero attached hydrogens (tertiary/aromatic N) is 1. The van der Waals surface area contributed by atoms with E-state index in [1.807, 2.05) is 72.1 Å². The Balaban J connectivity index is 1.47. The van der Waals surface area contributed by atoms with Crippen LogP contribution in [0.15, 0.2) is 94.0 Å². The Morgan fingerprint density at radius 3 is 2.62 bits per heavy atom. The highest BCUT2D eigenvalue weighted by atomic mass is 35.5. The Hall–Kier alpha value is -3.10. The number of hydrazine groups is 1. The lowest BCUT2D eigenvalue weighted by Gasteiger charge is -2.24. The van der Waals surface area contributed by atoms with E-state index in [9.17, 15) is 9.59 Å². The molecule has 1 aliphatic rings. The van der Waals surface area contributed by atoms with Crippen LogP contribution >= 0.6 is 34.7 Å². The van der Waals surface area contributed by atoms with E-state index in [4.69, 9.17) is 11.6 Å². The normalized spacial score (nSPS) is 12.6. The topological polar surface area (TPSA) is 61.4 Å². The van der Waals surface area contributed by atoms with Crippen molar-refractivity contribution in [2.24, 2.45) is 0 Å². The average molecular weight is 506 g/mol. The van der Waals surface area contributed by atoms with Gasteiger partial charge in [0.15, 0.2) is 0 Å². The standard InChI is InChI=1S/C26H20ClN3O2S2/c27-19-6-3-5-17(13-19)15-29-30-22-14-18(25(31)28-16-20-7-4-12-33-20)10-11-24(22)34-23-9-2-1-8-21(23)26(30)32/h1-14,29H,15-16H2,(H,28,31). The average Bonchev–Trinajstić information content (AvgIpc) is 3.33. The molecule has 8 heteroatoms. The number of rotatable bonds is 6. The van der Waals surface area contributed by atoms with Crippen molar-refractivity contribution in [2.45, 2.75) is 22.9 Å². The summed E-state index contributed by atoms with van der Waals surface area (Å²) in [7, 11) is 0. The molecule has 2 amide bonds. The molecule has 4 aromatic rings. The van der Waals surface area contributed by atoms with Gasteiger partial charge in [-0.3, -0.25) is 9.59 Å². The quantitative estimate of drug-likeness (QED) is 0.330. The first-order chi connectivity index (χ1) is 16.6. The molecular formula is C26H20ClN3O2S2. The van der Waals surface area contributed by atoms with Crippen molar-refractivity contribution in [3.63, 3.8) is 0 Å². The van der Waals surface area contributed by atoms with Gasteiger partial charge in [0, 0.05) is 31.8 Å². The summed E-state index contributed by atoms with van der Waals surface area (Å²) in [5, 5.41) is 7.10. The Morgan fingerprint density at radius 1 is 0.912 bits per heavy atom. The first kappa shape index (κ1) is 22.7. The monoisotopic (exact) mass is 505 g/mol. The zero-order chi connectivity index (χ0) is 23.5. The third-order valence-corrected chi connectivity index (χ3v) is 7.59. The van der Waals surface area contributed by atoms with E-state index in [1.165, 1.54) is 16.8 Å². The second-order valence-corrected chi connectivity index (χ2v) is 10.2. The molecule has 1 aromatic heterocycles. The number of fused-ring (bicyclic) bond motifs is 2. The zero-order valence-electron chi connectivity index (χ0n) is 18.0. The van der Waals surface area contributed by atoms with Gasteiger partial charge >= 0.3 is 0 Å². The number of nitrogens with one attached hydrogen (secondary N) is 2. The summed E-state index contributed by atoms with van der Waals surface area (Å²) in [5.74, 6) is -0.370. The van der Waals surface area contributed by atoms with Crippen molar-refractivity contribution < 1.29 is 9.59 Å². The molecule has 0 bridgehead atoms. The minimum absolute atomic E-state index is 0.181. The number of anilines is 1. The highest BCUT2D eigenvalue weighted by Crippen LogP contribution is 2.41. The van der Waals surface area contributed by atoms with Crippen LogP contribution in [0.3, 0.4) is 0 Å². The van der Waals surface area contributed by atoms with Crippen molar-refractivity contribution in [3.8, 4) is 0 Å². The van der Waals surface area contributed by atoms with E-state index in [2.05, 4.69) is 10.7 Å². The van der Waals surface area contributed by atoms with Crippen LogP contribution in [-0.4, -0.2) is 11.8 Å². The zero-order valence-corrected chi connectivity index (χ0v) is 20.3. The lowest BCUT2D eigenvalue weighted by atomic mass is 10.1. The van der Waals surface area contributed by atoms with Crippen LogP contribution in [0, 0.1) is 0 Å². The number of halogens is 1. The summed E-state index contributed by atoms with van der Waals surface area (Å²) in [6.45, 7) is 0.858. The fourth-order valence-corrected chi connectivity index (χ4v) is 5.55. The van der Waals surface area contributed by atoms with E-state index in [0.717, 1.165) is 20.2 Å². The van der Waals surface area contributed by atoms with Gasteiger partial charge in [-0.1, -0.05) is 53.7 Å². The van der Waals surface area contributed by atoms with Gasteiger partial charge < -0.3 is 5.32 Å². The van der Waals surface area contributed by atoms with Crippen LogP contribution in [0.2, 0.25) is 5.02 Å². The molecule has 0 unspecified atom stereocenters. The molecule has 5 nitrogen and oxygen atoms in total. The van der Waals surface area contributed by atoms with Crippen LogP contribution in [0.25, 0.3) is 0 Å². The van der Waals surface area contributed by atoms with Crippen molar-refractivity contribution >= 4 is 52.2 Å². The molecule has 1 aliphatic heterocycles. The second kappa shape index (κ2) is 10.0. The van der Waals surface area contributed by atoms with E-state index in [1.54, 1.807) is 23.5 Å². The van der Waals surface area contributed by atoms with Crippen LogP contribution in [0.1, 0.15) is 31.2 Å². The predicted molar refractivity (Wildman–Crippen MR) is 138 cm³/mol. The summed E-state index contributed by atoms with van der Waals surface area (Å²) in [6.07, 6.45) is 0. The minimum Gasteiger partial charge on any atom is -0.347 e. The number of carbonyl (C=O) groups is 2. The maximum atomic E-state index is 13.6. The third kappa shape index (κ3) is 4.88. The highest BCUT2D eigenvalue weighted by molar-refractivity contribution is 7.99. The summed E-state index contributed by atoms with van der Waals surface area (Å²) in [6, 6.07) is 24.4. The molecule has 34 heavy (non-hydrogen) atoms. The largest absolute Gasteiger partial charge is 0.347 e. The van der Waals surface area contributed by atoms with Crippen molar-refractivity contribution in [2.75, 3.05) is 5.01 Å². The van der Waals surface area contributed by atoms with Gasteiger partial charge in [-0.15, -0.1) is 11.3 Å². The maximum absolute atomic E-state index is 13.6. The van der Waals surface area contributed by atoms with Crippen molar-refractivity contribution in [3.05, 3.63) is 111 Å². The van der Waals surface area contributed by atoms with E-state index in [0.29, 0.717) is 34.9 Å². The molecule has 0 aliphatic carbocycles. The van der Waals surface area contributed by atoms with Gasteiger partial charge in [-0.2, -0.15) is 0 Å². The SMILES string of the molecule is O=C(NCc1cccs1)c1ccc2c(c1)N(NCc1cccc(Cl)c1)C(=O)c1ccccc1S2. The Labute approximate surface area is 210 Å². The first-order valence-electron chi connectivity index (χ1n) is 10.6. The van der Waals surface area contributed by atoms with Gasteiger partial charge in [-0.25, -0.2) is 10.4 Å². The predicted octanol–water partition coefficient (Wildman–Crippen LogP) is 6.15.